The van der Waals surface area contributed by atoms with Gasteiger partial charge in [0.05, 0.1) is 0 Å². The molecule has 2 heteroatoms. The Hall–Kier alpha value is -1.48. The summed E-state index contributed by atoms with van der Waals surface area (Å²) in [6.45, 7) is 2.31. The van der Waals surface area contributed by atoms with Gasteiger partial charge in [-0.25, -0.2) is 0 Å². The zero-order valence-electron chi connectivity index (χ0n) is 17.0. The van der Waals surface area contributed by atoms with Crippen LogP contribution in [0.3, 0.4) is 0 Å². The van der Waals surface area contributed by atoms with Gasteiger partial charge in [0.15, 0.2) is 0 Å². The van der Waals surface area contributed by atoms with Gasteiger partial charge in [-0.05, 0) is 61.6 Å². The number of hydrogen-bond acceptors (Lipinski definition) is 0. The molecular formula is C26H32P2. The van der Waals surface area contributed by atoms with Crippen molar-refractivity contribution in [2.24, 2.45) is 0 Å². The zero-order valence-corrected chi connectivity index (χ0v) is 18.8. The summed E-state index contributed by atoms with van der Waals surface area (Å²) in [4.78, 5) is 0. The van der Waals surface area contributed by atoms with Crippen LogP contribution in [-0.4, -0.2) is 18.5 Å². The first-order valence-corrected chi connectivity index (χ1v) is 13.8. The van der Waals surface area contributed by atoms with E-state index in [1.54, 1.807) is 5.30 Å². The molecule has 28 heavy (non-hydrogen) atoms. The van der Waals surface area contributed by atoms with Gasteiger partial charge in [-0.1, -0.05) is 112 Å². The van der Waals surface area contributed by atoms with Crippen molar-refractivity contribution in [1.82, 2.24) is 0 Å². The van der Waals surface area contributed by atoms with Gasteiger partial charge in [0, 0.05) is 0 Å². The molecule has 0 amide bonds. The standard InChI is InChI=1S/C26H32P2/c1-2-3-21-27(24-15-7-4-8-16-24)22-13-14-23-28(25-17-9-5-10-18-25)26-19-11-6-12-20-26/h4-12,15-20H,2-3,13-14,21-23H2,1H3. The van der Waals surface area contributed by atoms with Crippen molar-refractivity contribution in [3.8, 4) is 0 Å². The maximum Gasteiger partial charge on any atom is -0.0195 e. The summed E-state index contributed by atoms with van der Waals surface area (Å²) >= 11 is 0. The number of rotatable bonds is 11. The van der Waals surface area contributed by atoms with Gasteiger partial charge in [0.2, 0.25) is 0 Å². The minimum atomic E-state index is -0.240. The molecule has 3 aromatic carbocycles. The van der Waals surface area contributed by atoms with Gasteiger partial charge < -0.3 is 0 Å². The Morgan fingerprint density at radius 3 is 1.43 bits per heavy atom. The van der Waals surface area contributed by atoms with Gasteiger partial charge in [-0.2, -0.15) is 0 Å². The number of benzene rings is 3. The predicted molar refractivity (Wildman–Crippen MR) is 131 cm³/mol. The molecule has 3 aromatic rings. The molecule has 0 nitrogen and oxygen atoms in total. The van der Waals surface area contributed by atoms with Gasteiger partial charge in [0.25, 0.3) is 0 Å². The van der Waals surface area contributed by atoms with E-state index >= 15 is 0 Å². The van der Waals surface area contributed by atoms with E-state index in [4.69, 9.17) is 0 Å². The Labute approximate surface area is 173 Å². The van der Waals surface area contributed by atoms with Crippen LogP contribution in [0.25, 0.3) is 0 Å². The third-order valence-corrected chi connectivity index (χ3v) is 10.4. The molecule has 0 spiro atoms. The maximum absolute atomic E-state index is 2.35. The maximum atomic E-state index is 2.35. The molecule has 3 rings (SSSR count). The average molecular weight is 406 g/mol. The molecule has 0 fully saturated rings. The van der Waals surface area contributed by atoms with Crippen LogP contribution in [0.4, 0.5) is 0 Å². The van der Waals surface area contributed by atoms with Crippen molar-refractivity contribution in [3.63, 3.8) is 0 Å². The Balaban J connectivity index is 1.60. The van der Waals surface area contributed by atoms with E-state index in [1.165, 1.54) is 54.8 Å². The lowest BCUT2D eigenvalue weighted by Gasteiger charge is -2.21. The first-order chi connectivity index (χ1) is 13.9. The molecule has 1 atom stereocenters. The van der Waals surface area contributed by atoms with Crippen molar-refractivity contribution in [2.75, 3.05) is 18.5 Å². The summed E-state index contributed by atoms with van der Waals surface area (Å²) in [5.74, 6) is 0. The third-order valence-electron chi connectivity index (χ3n) is 5.10. The second-order valence-electron chi connectivity index (χ2n) is 7.21. The summed E-state index contributed by atoms with van der Waals surface area (Å²) < 4.78 is 0. The van der Waals surface area contributed by atoms with E-state index in [0.717, 1.165) is 0 Å². The van der Waals surface area contributed by atoms with Crippen molar-refractivity contribution < 1.29 is 0 Å². The highest BCUT2D eigenvalue weighted by Gasteiger charge is 2.14. The first kappa shape index (κ1) is 21.2. The van der Waals surface area contributed by atoms with Crippen molar-refractivity contribution >= 4 is 31.8 Å². The van der Waals surface area contributed by atoms with Crippen molar-refractivity contribution in [1.29, 1.82) is 0 Å². The molecule has 0 aliphatic heterocycles. The highest BCUT2D eigenvalue weighted by Crippen LogP contribution is 2.39. The van der Waals surface area contributed by atoms with Crippen LogP contribution in [0.5, 0.6) is 0 Å². The minimum Gasteiger partial charge on any atom is -0.0753 e. The monoisotopic (exact) mass is 406 g/mol. The van der Waals surface area contributed by atoms with Crippen molar-refractivity contribution in [2.45, 2.75) is 32.6 Å². The predicted octanol–water partition coefficient (Wildman–Crippen LogP) is 6.51. The largest absolute Gasteiger partial charge is 0.0753 e. The molecule has 0 aliphatic carbocycles. The van der Waals surface area contributed by atoms with E-state index in [1.807, 2.05) is 0 Å². The van der Waals surface area contributed by atoms with Gasteiger partial charge in [-0.3, -0.25) is 0 Å². The summed E-state index contributed by atoms with van der Waals surface area (Å²) in [5.41, 5.74) is 0. The van der Waals surface area contributed by atoms with Crippen LogP contribution in [0.1, 0.15) is 32.6 Å². The Bertz CT molecular complexity index is 732. The summed E-state index contributed by atoms with van der Waals surface area (Å²) in [6.07, 6.45) is 9.42. The molecular weight excluding hydrogens is 374 g/mol. The fourth-order valence-corrected chi connectivity index (χ4v) is 8.61. The Morgan fingerprint density at radius 1 is 0.500 bits per heavy atom. The second-order valence-corrected chi connectivity index (χ2v) is 12.0. The molecule has 1 unspecified atom stereocenters. The Kier molecular flexibility index (Phi) is 9.22. The summed E-state index contributed by atoms with van der Waals surface area (Å²) in [5, 5.41) is 4.62. The third kappa shape index (κ3) is 6.55. The molecule has 0 aliphatic rings. The summed E-state index contributed by atoms with van der Waals surface area (Å²) in [7, 11) is -0.234. The summed E-state index contributed by atoms with van der Waals surface area (Å²) in [6, 6.07) is 33.5. The molecule has 0 saturated carbocycles. The highest BCUT2D eigenvalue weighted by atomic mass is 31.1. The lowest BCUT2D eigenvalue weighted by atomic mass is 10.4. The first-order valence-electron chi connectivity index (χ1n) is 10.6. The van der Waals surface area contributed by atoms with E-state index in [2.05, 4.69) is 97.9 Å². The SMILES string of the molecule is CCCCP(CCCCP(c1ccccc1)c1ccccc1)c1ccccc1. The fraction of sp³-hybridized carbons (Fsp3) is 0.308. The Morgan fingerprint density at radius 2 is 0.929 bits per heavy atom. The van der Waals surface area contributed by atoms with Crippen molar-refractivity contribution in [3.05, 3.63) is 91.0 Å². The van der Waals surface area contributed by atoms with E-state index in [0.29, 0.717) is 0 Å². The molecule has 0 saturated heterocycles. The van der Waals surface area contributed by atoms with Gasteiger partial charge >= 0.3 is 0 Å². The molecule has 0 aromatic heterocycles. The smallest absolute Gasteiger partial charge is 0.0195 e. The lowest BCUT2D eigenvalue weighted by Crippen LogP contribution is -2.14. The van der Waals surface area contributed by atoms with Gasteiger partial charge in [0.1, 0.15) is 0 Å². The van der Waals surface area contributed by atoms with Gasteiger partial charge in [-0.15, -0.1) is 0 Å². The van der Waals surface area contributed by atoms with E-state index in [9.17, 15) is 0 Å². The molecule has 0 radical (unpaired) electrons. The zero-order chi connectivity index (χ0) is 19.4. The van der Waals surface area contributed by atoms with Crippen LogP contribution in [0, 0.1) is 0 Å². The number of unbranched alkanes of at least 4 members (excludes halogenated alkanes) is 2. The molecule has 0 heterocycles. The lowest BCUT2D eigenvalue weighted by molar-refractivity contribution is 0.874. The van der Waals surface area contributed by atoms with Crippen LogP contribution in [-0.2, 0) is 0 Å². The quantitative estimate of drug-likeness (QED) is 0.252. The molecule has 0 bridgehead atoms. The van der Waals surface area contributed by atoms with E-state index < -0.39 is 0 Å². The van der Waals surface area contributed by atoms with Crippen LogP contribution < -0.4 is 15.9 Å². The van der Waals surface area contributed by atoms with Crippen LogP contribution in [0.2, 0.25) is 0 Å². The minimum absolute atomic E-state index is 0.00616. The second kappa shape index (κ2) is 12.2. The highest BCUT2D eigenvalue weighted by molar-refractivity contribution is 7.73. The number of hydrogen-bond donors (Lipinski definition) is 0. The van der Waals surface area contributed by atoms with Crippen LogP contribution >= 0.6 is 15.8 Å². The van der Waals surface area contributed by atoms with E-state index in [-0.39, 0.29) is 15.8 Å². The molecule has 146 valence electrons. The average Bonchev–Trinajstić information content (AvgIpc) is 2.77. The van der Waals surface area contributed by atoms with Crippen LogP contribution in [0.15, 0.2) is 91.0 Å². The topological polar surface area (TPSA) is 0 Å². The molecule has 0 N–H and O–H groups in total. The fourth-order valence-electron chi connectivity index (χ4n) is 3.55. The normalized spacial score (nSPS) is 12.2.